The first-order valence-electron chi connectivity index (χ1n) is 36.8. The maximum absolute atomic E-state index is 15.2. The number of carbonyl (C=O) groups excluding carboxylic acids is 13. The van der Waals surface area contributed by atoms with Gasteiger partial charge in [0, 0.05) is 47.9 Å². The van der Waals surface area contributed by atoms with Gasteiger partial charge in [-0.05, 0) is 113 Å². The lowest BCUT2D eigenvalue weighted by Gasteiger charge is -2.29. The largest absolute Gasteiger partial charge is 0.480 e. The van der Waals surface area contributed by atoms with Gasteiger partial charge < -0.3 is 112 Å². The van der Waals surface area contributed by atoms with E-state index in [1.54, 1.807) is 119 Å². The number of hydrogen-bond acceptors (Lipinski definition) is 22. The average Bonchev–Trinajstić information content (AvgIpc) is 1.71. The monoisotopic (exact) mass is 1590 g/mol. The zero-order valence-electron chi connectivity index (χ0n) is 63.4. The molecule has 1 heterocycles. The summed E-state index contributed by atoms with van der Waals surface area (Å²) in [5.74, 6) is -14.6. The number of para-hydroxylation sites is 1. The summed E-state index contributed by atoms with van der Waals surface area (Å²) in [4.78, 5) is 197. The Kier molecular flexibility index (Phi) is 40.6. The minimum absolute atomic E-state index is 0.000809. The van der Waals surface area contributed by atoms with Crippen LogP contribution in [0, 0.1) is 11.8 Å². The van der Waals surface area contributed by atoms with Gasteiger partial charge in [-0.2, -0.15) is 25.3 Å². The Morgan fingerprint density at radius 2 is 0.829 bits per heavy atom. The fourth-order valence-electron chi connectivity index (χ4n) is 11.4. The highest BCUT2D eigenvalue weighted by atomic mass is 32.1. The third-order valence-electron chi connectivity index (χ3n) is 17.8. The highest BCUT2D eigenvalue weighted by Crippen LogP contribution is 2.21. The first kappa shape index (κ1) is 93.6. The van der Waals surface area contributed by atoms with Gasteiger partial charge in [-0.15, -0.1) is 0 Å². The molecule has 4 rings (SSSR count). The Bertz CT molecular complexity index is 3740. The summed E-state index contributed by atoms with van der Waals surface area (Å²) in [5, 5.41) is 74.8. The van der Waals surface area contributed by atoms with Crippen molar-refractivity contribution in [2.24, 2.45) is 29.0 Å². The Labute approximate surface area is 655 Å². The molecular weight excluding hydrogens is 1480 g/mol. The summed E-state index contributed by atoms with van der Waals surface area (Å²) in [6, 6.07) is 4.33. The van der Waals surface area contributed by atoms with E-state index in [9.17, 15) is 78.0 Å². The Morgan fingerprint density at radius 3 is 1.29 bits per heavy atom. The molecule has 35 nitrogen and oxygen atoms in total. The molecule has 4 aromatic rings. The minimum atomic E-state index is -1.88. The van der Waals surface area contributed by atoms with Gasteiger partial charge in [0.05, 0.1) is 31.4 Å². The van der Waals surface area contributed by atoms with Crippen molar-refractivity contribution in [3.8, 4) is 0 Å². The van der Waals surface area contributed by atoms with Crippen molar-refractivity contribution < 1.29 is 87.5 Å². The highest BCUT2D eigenvalue weighted by Gasteiger charge is 2.39. The van der Waals surface area contributed by atoms with Gasteiger partial charge in [0.1, 0.15) is 72.5 Å². The van der Waals surface area contributed by atoms with Crippen LogP contribution in [-0.2, 0) is 86.4 Å². The van der Waals surface area contributed by atoms with Crippen LogP contribution in [0.25, 0.3) is 10.9 Å². The molecule has 111 heavy (non-hydrogen) atoms. The standard InChI is InChI=1S/C74H111N17O18S2/c1-39(2)30-51(84-62(96)41(5)80-63(97)49(26-16-18-28-75)83-70(104)56(37-110)81-58(95)35-79-71(105)59(77)40(3)4)65(99)85-52(31-44-20-10-8-11-21-44)66(100)86-54(33-46-34-78-48-25-15-14-24-47(46)48)67(101)82-50(27-17-19-29-76)64(98)90-60(42(6)93)72(106)87-53(32-45-22-12-9-13-23-45)68(102)91-61(43(7)94)73(107)88-55(36-92)69(103)89-57(38-111)74(108)109/h8-15,20-25,34,39-43,49-57,59-61,78,92-94,110-111H,16-19,26-33,35-38,75-77H2,1-7H3,(H,79,105)(H,80,97)(H,81,95)(H,82,101)(H,83,104)(H,84,96)(H,85,99)(H,86,100)(H,87,106)(H,88,107)(H,89,103)(H,90,98)(H,91,102)(H,108,109)/t41-,42+,43+,49-,50-,51-,52-,53+,54+,55-,56-,57-,59+,60-,61-/m0/s1. The van der Waals surface area contributed by atoms with Crippen molar-refractivity contribution in [1.29, 1.82) is 0 Å². The lowest BCUT2D eigenvalue weighted by Crippen LogP contribution is -2.63. The number of nitrogens with two attached hydrogens (primary N) is 3. The molecule has 0 aliphatic rings. The number of unbranched alkanes of at least 4 members (excludes halogenated alkanes) is 2. The van der Waals surface area contributed by atoms with Gasteiger partial charge in [0.2, 0.25) is 76.8 Å². The number of aromatic nitrogens is 1. The maximum atomic E-state index is 15.2. The van der Waals surface area contributed by atoms with Crippen molar-refractivity contribution >= 4 is 119 Å². The third kappa shape index (κ3) is 31.5. The quantitative estimate of drug-likeness (QED) is 0.0149. The van der Waals surface area contributed by atoms with Crippen LogP contribution < -0.4 is 86.3 Å². The van der Waals surface area contributed by atoms with Gasteiger partial charge in [0.15, 0.2) is 0 Å². The maximum Gasteiger partial charge on any atom is 0.327 e. The number of nitrogens with one attached hydrogen (secondary N) is 14. The molecule has 0 spiro atoms. The molecular formula is C74H111N17O18S2. The number of aliphatic hydroxyl groups is 3. The van der Waals surface area contributed by atoms with E-state index in [0.29, 0.717) is 46.9 Å². The van der Waals surface area contributed by atoms with Crippen molar-refractivity contribution in [2.45, 2.75) is 203 Å². The Morgan fingerprint density at radius 1 is 0.432 bits per heavy atom. The van der Waals surface area contributed by atoms with E-state index in [1.807, 2.05) is 0 Å². The zero-order valence-corrected chi connectivity index (χ0v) is 65.2. The van der Waals surface area contributed by atoms with E-state index in [2.05, 4.69) is 99.4 Å². The molecule has 612 valence electrons. The molecule has 0 bridgehead atoms. The fraction of sp³-hybridized carbons (Fsp3) is 0.541. The van der Waals surface area contributed by atoms with Crippen LogP contribution in [0.2, 0.25) is 0 Å². The molecule has 24 N–H and O–H groups in total. The summed E-state index contributed by atoms with van der Waals surface area (Å²) >= 11 is 8.12. The third-order valence-corrected chi connectivity index (χ3v) is 18.6. The molecule has 37 heteroatoms. The number of carboxylic acid groups (broad SMARTS) is 1. The van der Waals surface area contributed by atoms with Gasteiger partial charge in [-0.25, -0.2) is 4.79 Å². The summed E-state index contributed by atoms with van der Waals surface area (Å²) in [5.41, 5.74) is 19.7. The molecule has 15 atom stereocenters. The Balaban J connectivity index is 1.65. The predicted octanol–water partition coefficient (Wildman–Crippen LogP) is -3.87. The normalized spacial score (nSPS) is 15.4. The number of benzene rings is 3. The second-order valence-electron chi connectivity index (χ2n) is 27.8. The van der Waals surface area contributed by atoms with Crippen LogP contribution in [0.15, 0.2) is 91.1 Å². The number of H-pyrrole nitrogens is 1. The summed E-state index contributed by atoms with van der Waals surface area (Å²) < 4.78 is 0. The second kappa shape index (κ2) is 48.1. The lowest BCUT2D eigenvalue weighted by molar-refractivity contribution is -0.142. The minimum Gasteiger partial charge on any atom is -0.480 e. The van der Waals surface area contributed by atoms with Crippen molar-refractivity contribution in [2.75, 3.05) is 37.7 Å². The number of fused-ring (bicyclic) bond motifs is 1. The number of amides is 13. The highest BCUT2D eigenvalue weighted by molar-refractivity contribution is 7.80. The van der Waals surface area contributed by atoms with Crippen LogP contribution in [0.5, 0.6) is 0 Å². The summed E-state index contributed by atoms with van der Waals surface area (Å²) in [6.07, 6.45) is -1.24. The second-order valence-corrected chi connectivity index (χ2v) is 28.5. The molecule has 0 saturated heterocycles. The van der Waals surface area contributed by atoms with Crippen molar-refractivity contribution in [3.63, 3.8) is 0 Å². The molecule has 0 aliphatic heterocycles. The van der Waals surface area contributed by atoms with E-state index < -0.39 is 187 Å². The SMILES string of the molecule is CC(C)C[C@H](NC(=O)[C@H](C)NC(=O)[C@H](CCCCN)NC(=O)[C@H](CS)NC(=O)CNC(=O)[C@H](N)C(C)C)C(=O)N[C@@H](Cc1ccccc1)C(=O)N[C@H](Cc1c[nH]c2ccccc12)C(=O)N[C@@H](CCCCN)C(=O)N[C@H](C(=O)N[C@H](Cc1ccccc1)C(=O)N[C@H](C(=O)N[C@@H](CO)C(=O)N[C@@H](CS)C(=O)O)[C@@H](C)O)[C@@H](C)O. The number of aliphatic hydroxyl groups excluding tert-OH is 3. The van der Waals surface area contributed by atoms with Gasteiger partial charge in [0.25, 0.3) is 0 Å². The average molecular weight is 1590 g/mol. The van der Waals surface area contributed by atoms with Crippen LogP contribution in [0.1, 0.15) is 110 Å². The van der Waals surface area contributed by atoms with E-state index in [4.69, 9.17) is 17.2 Å². The van der Waals surface area contributed by atoms with Crippen LogP contribution in [-0.4, -0.2) is 237 Å². The van der Waals surface area contributed by atoms with E-state index in [-0.39, 0.29) is 81.4 Å². The Hall–Kier alpha value is -9.76. The smallest absolute Gasteiger partial charge is 0.327 e. The molecule has 3 aromatic carbocycles. The molecule has 1 aromatic heterocycles. The van der Waals surface area contributed by atoms with Crippen LogP contribution >= 0.6 is 25.3 Å². The predicted molar refractivity (Wildman–Crippen MR) is 418 cm³/mol. The van der Waals surface area contributed by atoms with Gasteiger partial charge in [-0.1, -0.05) is 107 Å². The first-order valence-corrected chi connectivity index (χ1v) is 38.0. The number of thiol groups is 2. The van der Waals surface area contributed by atoms with E-state index in [0.717, 1.165) is 13.8 Å². The van der Waals surface area contributed by atoms with Gasteiger partial charge >= 0.3 is 5.97 Å². The molecule has 0 aliphatic carbocycles. The molecule has 0 saturated carbocycles. The van der Waals surface area contributed by atoms with Gasteiger partial charge in [-0.3, -0.25) is 62.3 Å². The van der Waals surface area contributed by atoms with Crippen LogP contribution in [0.4, 0.5) is 0 Å². The number of rotatable bonds is 49. The molecule has 0 fully saturated rings. The van der Waals surface area contributed by atoms with E-state index in [1.165, 1.54) is 6.92 Å². The van der Waals surface area contributed by atoms with Crippen LogP contribution in [0.3, 0.4) is 0 Å². The summed E-state index contributed by atoms with van der Waals surface area (Å²) in [6.45, 7) is 9.48. The number of hydrogen-bond donors (Lipinski definition) is 23. The fourth-order valence-corrected chi connectivity index (χ4v) is 11.9. The number of carbonyl (C=O) groups is 14. The van der Waals surface area contributed by atoms with Crippen molar-refractivity contribution in [3.05, 3.63) is 108 Å². The molecule has 0 unspecified atom stereocenters. The number of aliphatic carboxylic acids is 1. The topological polar surface area (TPSA) is 570 Å². The summed E-state index contributed by atoms with van der Waals surface area (Å²) in [7, 11) is 0. The number of aromatic amines is 1. The zero-order chi connectivity index (χ0) is 82.6. The van der Waals surface area contributed by atoms with Crippen molar-refractivity contribution in [1.82, 2.24) is 74.1 Å². The van der Waals surface area contributed by atoms with E-state index >= 15 is 9.59 Å². The molecule has 0 radical (unpaired) electrons. The molecule has 13 amide bonds. The number of carboxylic acids is 1. The first-order chi connectivity index (χ1) is 52.7. The lowest BCUT2D eigenvalue weighted by atomic mass is 9.99.